The lowest BCUT2D eigenvalue weighted by atomic mass is 10.1. The second-order valence-corrected chi connectivity index (χ2v) is 4.23. The largest absolute Gasteiger partial charge is 0.480 e. The molecule has 1 aromatic carbocycles. The molecule has 0 saturated heterocycles. The fraction of sp³-hybridized carbons (Fsp3) is 0.273. The molecule has 0 fully saturated rings. The highest BCUT2D eigenvalue weighted by atomic mass is 35.5. The number of nitrogens with zero attached hydrogens (tertiary/aromatic N) is 1. The van der Waals surface area contributed by atoms with Crippen LogP contribution in [0.2, 0.25) is 5.02 Å². The minimum Gasteiger partial charge on any atom is -0.480 e. The lowest BCUT2D eigenvalue weighted by Gasteiger charge is -2.13. The summed E-state index contributed by atoms with van der Waals surface area (Å²) in [6.45, 7) is -0.450. The van der Waals surface area contributed by atoms with Gasteiger partial charge in [-0.15, -0.1) is 0 Å². The van der Waals surface area contributed by atoms with Crippen LogP contribution >= 0.6 is 11.6 Å². The Labute approximate surface area is 118 Å². The number of carbonyl (C=O) groups excluding carboxylic acids is 1. The number of amides is 1. The molecule has 0 aliphatic heterocycles. The zero-order chi connectivity index (χ0) is 15.3. The Kier molecular flexibility index (Phi) is 5.42. The van der Waals surface area contributed by atoms with Crippen molar-refractivity contribution in [2.75, 3.05) is 6.61 Å². The molecule has 3 N–H and O–H groups in total. The number of carbonyl (C=O) groups is 2. The van der Waals surface area contributed by atoms with Crippen molar-refractivity contribution in [2.45, 2.75) is 12.5 Å². The summed E-state index contributed by atoms with van der Waals surface area (Å²) in [4.78, 5) is 32.8. The van der Waals surface area contributed by atoms with E-state index in [1.807, 2.05) is 0 Å². The molecule has 9 heteroatoms. The number of halogens is 1. The maximum Gasteiger partial charge on any atom is 0.326 e. The molecule has 108 valence electrons. The van der Waals surface area contributed by atoms with Crippen LogP contribution in [0.5, 0.6) is 0 Å². The zero-order valence-electron chi connectivity index (χ0n) is 10.1. The number of rotatable bonds is 6. The van der Waals surface area contributed by atoms with Gasteiger partial charge in [-0.1, -0.05) is 11.6 Å². The van der Waals surface area contributed by atoms with Gasteiger partial charge in [0.15, 0.2) is 0 Å². The van der Waals surface area contributed by atoms with E-state index in [4.69, 9.17) is 21.8 Å². The standard InChI is InChI=1S/C11H11ClN2O6/c12-6-1-2-9(14(19)20)7(5-6)10(16)13-8(3-4-15)11(17)18/h1-2,5,8,15H,3-4H2,(H,13,16)(H,17,18). The number of benzene rings is 1. The molecule has 0 bridgehead atoms. The number of hydrogen-bond donors (Lipinski definition) is 3. The van der Waals surface area contributed by atoms with Gasteiger partial charge >= 0.3 is 5.97 Å². The van der Waals surface area contributed by atoms with Gasteiger partial charge in [0.25, 0.3) is 11.6 Å². The minimum absolute atomic E-state index is 0.106. The summed E-state index contributed by atoms with van der Waals surface area (Å²) < 4.78 is 0. The van der Waals surface area contributed by atoms with Crippen LogP contribution in [0.1, 0.15) is 16.8 Å². The number of nitro benzene ring substituents is 1. The van der Waals surface area contributed by atoms with Crippen molar-refractivity contribution in [1.29, 1.82) is 0 Å². The highest BCUT2D eigenvalue weighted by Crippen LogP contribution is 2.22. The molecule has 0 spiro atoms. The molecule has 1 atom stereocenters. The maximum absolute atomic E-state index is 11.9. The van der Waals surface area contributed by atoms with Gasteiger partial charge in [-0.2, -0.15) is 0 Å². The lowest BCUT2D eigenvalue weighted by molar-refractivity contribution is -0.385. The third-order valence-electron chi connectivity index (χ3n) is 2.42. The molecular formula is C11H11ClN2O6. The van der Waals surface area contributed by atoms with Crippen molar-refractivity contribution < 1.29 is 24.7 Å². The number of carboxylic acids is 1. The summed E-state index contributed by atoms with van der Waals surface area (Å²) in [7, 11) is 0. The molecule has 1 rings (SSSR count). The molecule has 0 aliphatic rings. The van der Waals surface area contributed by atoms with Gasteiger partial charge in [0.2, 0.25) is 0 Å². The predicted octanol–water partition coefficient (Wildman–Crippen LogP) is 0.814. The monoisotopic (exact) mass is 302 g/mol. The first-order valence-corrected chi connectivity index (χ1v) is 5.83. The average molecular weight is 303 g/mol. The van der Waals surface area contributed by atoms with E-state index in [2.05, 4.69) is 5.32 Å². The molecule has 0 radical (unpaired) electrons. The van der Waals surface area contributed by atoms with E-state index in [9.17, 15) is 19.7 Å². The van der Waals surface area contributed by atoms with Crippen molar-refractivity contribution in [3.05, 3.63) is 38.9 Å². The Morgan fingerprint density at radius 1 is 1.45 bits per heavy atom. The van der Waals surface area contributed by atoms with Gasteiger partial charge < -0.3 is 15.5 Å². The van der Waals surface area contributed by atoms with Gasteiger partial charge in [-0.3, -0.25) is 14.9 Å². The zero-order valence-corrected chi connectivity index (χ0v) is 10.8. The quantitative estimate of drug-likeness (QED) is 0.526. The van der Waals surface area contributed by atoms with Gasteiger partial charge in [-0.25, -0.2) is 4.79 Å². The van der Waals surface area contributed by atoms with Crippen LogP contribution in [0.15, 0.2) is 18.2 Å². The second-order valence-electron chi connectivity index (χ2n) is 3.80. The van der Waals surface area contributed by atoms with Crippen molar-refractivity contribution in [3.8, 4) is 0 Å². The van der Waals surface area contributed by atoms with Crippen molar-refractivity contribution in [1.82, 2.24) is 5.32 Å². The summed E-state index contributed by atoms with van der Waals surface area (Å²) in [5.74, 6) is -2.29. The Bertz CT molecular complexity index is 548. The fourth-order valence-electron chi connectivity index (χ4n) is 1.47. The van der Waals surface area contributed by atoms with Crippen LogP contribution in [0.4, 0.5) is 5.69 Å². The molecule has 0 aromatic heterocycles. The van der Waals surface area contributed by atoms with Gasteiger partial charge in [0.05, 0.1) is 4.92 Å². The van der Waals surface area contributed by atoms with Gasteiger partial charge in [-0.05, 0) is 12.1 Å². The van der Waals surface area contributed by atoms with E-state index >= 15 is 0 Å². The SMILES string of the molecule is O=C(NC(CCO)C(=O)O)c1cc(Cl)ccc1[N+](=O)[O-]. The lowest BCUT2D eigenvalue weighted by Crippen LogP contribution is -2.41. The Morgan fingerprint density at radius 3 is 2.60 bits per heavy atom. The van der Waals surface area contributed by atoms with E-state index in [-0.39, 0.29) is 17.0 Å². The molecule has 0 heterocycles. The normalized spacial score (nSPS) is 11.7. The first-order chi connectivity index (χ1) is 9.36. The number of nitro groups is 1. The Hall–Kier alpha value is -2.19. The first-order valence-electron chi connectivity index (χ1n) is 5.45. The van der Waals surface area contributed by atoms with Crippen LogP contribution in [-0.2, 0) is 4.79 Å². The molecule has 20 heavy (non-hydrogen) atoms. The van der Waals surface area contributed by atoms with Crippen molar-refractivity contribution in [3.63, 3.8) is 0 Å². The second kappa shape index (κ2) is 6.83. The highest BCUT2D eigenvalue weighted by molar-refractivity contribution is 6.31. The molecule has 8 nitrogen and oxygen atoms in total. The number of aliphatic hydroxyl groups is 1. The maximum atomic E-state index is 11.9. The van der Waals surface area contributed by atoms with E-state index in [1.165, 1.54) is 6.07 Å². The minimum atomic E-state index is -1.35. The van der Waals surface area contributed by atoms with E-state index in [0.29, 0.717) is 0 Å². The summed E-state index contributed by atoms with van der Waals surface area (Å²) in [6, 6.07) is 2.04. The van der Waals surface area contributed by atoms with Crippen LogP contribution in [0, 0.1) is 10.1 Å². The van der Waals surface area contributed by atoms with Crippen molar-refractivity contribution in [2.24, 2.45) is 0 Å². The smallest absolute Gasteiger partial charge is 0.326 e. The van der Waals surface area contributed by atoms with E-state index in [1.54, 1.807) is 0 Å². The van der Waals surface area contributed by atoms with Crippen LogP contribution < -0.4 is 5.32 Å². The molecule has 1 aromatic rings. The van der Waals surface area contributed by atoms with Crippen LogP contribution in [-0.4, -0.2) is 39.7 Å². The Morgan fingerprint density at radius 2 is 2.10 bits per heavy atom. The molecule has 1 amide bonds. The van der Waals surface area contributed by atoms with Gasteiger partial charge in [0, 0.05) is 24.1 Å². The van der Waals surface area contributed by atoms with Crippen LogP contribution in [0.3, 0.4) is 0 Å². The third kappa shape index (κ3) is 3.90. The molecule has 0 saturated carbocycles. The number of nitrogens with one attached hydrogen (secondary N) is 1. The van der Waals surface area contributed by atoms with Gasteiger partial charge in [0.1, 0.15) is 11.6 Å². The highest BCUT2D eigenvalue weighted by Gasteiger charge is 2.25. The predicted molar refractivity (Wildman–Crippen MR) is 68.7 cm³/mol. The summed E-state index contributed by atoms with van der Waals surface area (Å²) in [6.07, 6.45) is -0.213. The molecule has 1 unspecified atom stereocenters. The fourth-order valence-corrected chi connectivity index (χ4v) is 1.64. The number of aliphatic hydroxyl groups excluding tert-OH is 1. The molecule has 0 aliphatic carbocycles. The van der Waals surface area contributed by atoms with Crippen LogP contribution in [0.25, 0.3) is 0 Å². The van der Waals surface area contributed by atoms with E-state index < -0.39 is 35.1 Å². The van der Waals surface area contributed by atoms with Crippen molar-refractivity contribution >= 4 is 29.2 Å². The Balaban J connectivity index is 3.05. The number of carboxylic acid groups (broad SMARTS) is 1. The summed E-state index contributed by atoms with van der Waals surface area (Å²) in [5.41, 5.74) is -0.827. The average Bonchev–Trinajstić information content (AvgIpc) is 2.37. The third-order valence-corrected chi connectivity index (χ3v) is 2.66. The summed E-state index contributed by atoms with van der Waals surface area (Å²) in [5, 5.41) is 30.6. The van der Waals surface area contributed by atoms with E-state index in [0.717, 1.165) is 12.1 Å². The first kappa shape index (κ1) is 15.9. The summed E-state index contributed by atoms with van der Waals surface area (Å²) >= 11 is 5.67. The topological polar surface area (TPSA) is 130 Å². The number of hydrogen-bond acceptors (Lipinski definition) is 5. The number of aliphatic carboxylic acids is 1. The molecular weight excluding hydrogens is 292 g/mol.